The minimum Gasteiger partial charge on any atom is -0.456 e. The van der Waals surface area contributed by atoms with Crippen molar-refractivity contribution in [1.82, 2.24) is 4.90 Å². The molecule has 0 fully saturated rings. The van der Waals surface area contributed by atoms with Gasteiger partial charge in [0.25, 0.3) is 0 Å². The first-order valence-electron chi connectivity index (χ1n) is 6.53. The van der Waals surface area contributed by atoms with Gasteiger partial charge in [0.15, 0.2) is 0 Å². The van der Waals surface area contributed by atoms with E-state index in [9.17, 15) is 4.79 Å². The summed E-state index contributed by atoms with van der Waals surface area (Å²) in [6, 6.07) is 10.7. The Hall–Kier alpha value is -1.79. The highest BCUT2D eigenvalue weighted by atomic mass is 16.5. The van der Waals surface area contributed by atoms with Crippen molar-refractivity contribution in [2.24, 2.45) is 0 Å². The molecular weight excluding hydrogens is 238 g/mol. The molecule has 0 radical (unpaired) electrons. The van der Waals surface area contributed by atoms with Crippen LogP contribution in [0.2, 0.25) is 0 Å². The van der Waals surface area contributed by atoms with E-state index < -0.39 is 5.97 Å². The van der Waals surface area contributed by atoms with Crippen LogP contribution in [0, 0.1) is 11.8 Å². The summed E-state index contributed by atoms with van der Waals surface area (Å²) in [7, 11) is 2.01. The lowest BCUT2D eigenvalue weighted by Gasteiger charge is -2.22. The Balaban J connectivity index is 2.40. The van der Waals surface area contributed by atoms with Crippen molar-refractivity contribution in [2.45, 2.75) is 26.3 Å². The molecule has 19 heavy (non-hydrogen) atoms. The molecule has 1 aromatic carbocycles. The van der Waals surface area contributed by atoms with Gasteiger partial charge in [0.05, 0.1) is 13.2 Å². The van der Waals surface area contributed by atoms with Crippen LogP contribution in [0.25, 0.3) is 0 Å². The minimum atomic E-state index is -0.452. The lowest BCUT2D eigenvalue weighted by Crippen LogP contribution is -2.31. The second kappa shape index (κ2) is 8.34. The first-order chi connectivity index (χ1) is 9.13. The first-order valence-corrected chi connectivity index (χ1v) is 6.53. The van der Waals surface area contributed by atoms with Crippen LogP contribution < -0.4 is 0 Å². The molecule has 0 bridgehead atoms. The summed E-state index contributed by atoms with van der Waals surface area (Å²) < 4.78 is 4.75. The molecular formula is C16H21NO2. The van der Waals surface area contributed by atoms with E-state index in [0.29, 0.717) is 19.2 Å². The first kappa shape index (κ1) is 15.3. The minimum absolute atomic E-state index is 0.369. The van der Waals surface area contributed by atoms with Crippen molar-refractivity contribution < 1.29 is 9.53 Å². The van der Waals surface area contributed by atoms with Crippen LogP contribution in [0.3, 0.4) is 0 Å². The summed E-state index contributed by atoms with van der Waals surface area (Å²) in [5, 5.41) is 0. The Morgan fingerprint density at radius 3 is 2.68 bits per heavy atom. The lowest BCUT2D eigenvalue weighted by molar-refractivity contribution is -0.136. The number of hydrogen-bond acceptors (Lipinski definition) is 3. The molecule has 0 saturated carbocycles. The SMILES string of the molecule is CCOC(=O)C#CCN(C)[C@H](C)Cc1ccccc1. The molecule has 0 saturated heterocycles. The van der Waals surface area contributed by atoms with Crippen molar-refractivity contribution in [1.29, 1.82) is 0 Å². The number of rotatable bonds is 5. The van der Waals surface area contributed by atoms with E-state index >= 15 is 0 Å². The summed E-state index contributed by atoms with van der Waals surface area (Å²) in [4.78, 5) is 13.2. The van der Waals surface area contributed by atoms with Crippen molar-refractivity contribution in [3.8, 4) is 11.8 Å². The zero-order chi connectivity index (χ0) is 14.1. The normalized spacial score (nSPS) is 11.6. The number of carbonyl (C=O) groups excluding carboxylic acids is 1. The molecule has 0 aliphatic heterocycles. The molecule has 3 nitrogen and oxygen atoms in total. The summed E-state index contributed by atoms with van der Waals surface area (Å²) in [6.45, 7) is 4.85. The predicted octanol–water partition coefficient (Wildman–Crippen LogP) is 2.12. The third kappa shape index (κ3) is 6.08. The largest absolute Gasteiger partial charge is 0.456 e. The maximum Gasteiger partial charge on any atom is 0.384 e. The third-order valence-corrected chi connectivity index (χ3v) is 2.92. The van der Waals surface area contributed by atoms with Gasteiger partial charge in [-0.05, 0) is 32.9 Å². The van der Waals surface area contributed by atoms with E-state index in [1.807, 2.05) is 25.2 Å². The summed E-state index contributed by atoms with van der Waals surface area (Å²) in [5.41, 5.74) is 1.31. The monoisotopic (exact) mass is 259 g/mol. The lowest BCUT2D eigenvalue weighted by atomic mass is 10.1. The Bertz CT molecular complexity index is 445. The summed E-state index contributed by atoms with van der Waals surface area (Å²) in [6.07, 6.45) is 0.971. The number of hydrogen-bond donors (Lipinski definition) is 0. The van der Waals surface area contributed by atoms with Crippen LogP contribution in [0.4, 0.5) is 0 Å². The summed E-state index contributed by atoms with van der Waals surface area (Å²) >= 11 is 0. The predicted molar refractivity (Wildman–Crippen MR) is 76.6 cm³/mol. The number of benzene rings is 1. The van der Waals surface area contributed by atoms with E-state index in [1.54, 1.807) is 6.92 Å². The van der Waals surface area contributed by atoms with Crippen molar-refractivity contribution in [3.63, 3.8) is 0 Å². The van der Waals surface area contributed by atoms with Gasteiger partial charge in [0.1, 0.15) is 0 Å². The molecule has 0 spiro atoms. The second-order valence-corrected chi connectivity index (χ2v) is 4.48. The molecule has 1 rings (SSSR count). The third-order valence-electron chi connectivity index (χ3n) is 2.92. The van der Waals surface area contributed by atoms with Gasteiger partial charge < -0.3 is 4.74 Å². The zero-order valence-corrected chi connectivity index (χ0v) is 11.8. The standard InChI is InChI=1S/C16H21NO2/c1-4-19-16(18)11-8-12-17(3)14(2)13-15-9-6-5-7-10-15/h5-7,9-10,14H,4,12-13H2,1-3H3/t14-/m1/s1. The van der Waals surface area contributed by atoms with Crippen molar-refractivity contribution in [3.05, 3.63) is 35.9 Å². The number of likely N-dealkylation sites (N-methyl/N-ethyl adjacent to an activating group) is 1. The molecule has 0 heterocycles. The molecule has 0 amide bonds. The highest BCUT2D eigenvalue weighted by Crippen LogP contribution is 2.06. The van der Waals surface area contributed by atoms with Crippen LogP contribution in [0.15, 0.2) is 30.3 Å². The van der Waals surface area contributed by atoms with Gasteiger partial charge in [0.2, 0.25) is 0 Å². The molecule has 1 atom stereocenters. The highest BCUT2D eigenvalue weighted by molar-refractivity contribution is 5.88. The topological polar surface area (TPSA) is 29.5 Å². The van der Waals surface area contributed by atoms with Crippen molar-refractivity contribution in [2.75, 3.05) is 20.2 Å². The number of carbonyl (C=O) groups is 1. The molecule has 0 aromatic heterocycles. The Kier molecular flexibility index (Phi) is 6.70. The van der Waals surface area contributed by atoms with Crippen molar-refractivity contribution >= 4 is 5.97 Å². The molecule has 0 N–H and O–H groups in total. The molecule has 3 heteroatoms. The Labute approximate surface area is 115 Å². The van der Waals surface area contributed by atoms with Gasteiger partial charge in [-0.25, -0.2) is 4.79 Å². The number of ether oxygens (including phenoxy) is 1. The van der Waals surface area contributed by atoms with E-state index in [0.717, 1.165) is 6.42 Å². The number of nitrogens with zero attached hydrogens (tertiary/aromatic N) is 1. The van der Waals surface area contributed by atoms with E-state index in [1.165, 1.54) is 5.56 Å². The molecule has 0 aliphatic carbocycles. The Morgan fingerprint density at radius 1 is 1.37 bits per heavy atom. The average Bonchev–Trinajstić information content (AvgIpc) is 2.40. The Morgan fingerprint density at radius 2 is 2.05 bits per heavy atom. The highest BCUT2D eigenvalue weighted by Gasteiger charge is 2.08. The van der Waals surface area contributed by atoms with Crippen LogP contribution in [0.5, 0.6) is 0 Å². The molecule has 102 valence electrons. The van der Waals surface area contributed by atoms with Gasteiger partial charge in [-0.15, -0.1) is 0 Å². The van der Waals surface area contributed by atoms with Crippen LogP contribution in [0.1, 0.15) is 19.4 Å². The maximum absolute atomic E-state index is 11.1. The fourth-order valence-electron chi connectivity index (χ4n) is 1.67. The van der Waals surface area contributed by atoms with Gasteiger partial charge >= 0.3 is 5.97 Å². The van der Waals surface area contributed by atoms with Gasteiger partial charge in [-0.2, -0.15) is 0 Å². The van der Waals surface area contributed by atoms with E-state index in [4.69, 9.17) is 4.74 Å². The molecule has 1 aromatic rings. The second-order valence-electron chi connectivity index (χ2n) is 4.48. The van der Waals surface area contributed by atoms with E-state index in [2.05, 4.69) is 35.8 Å². The zero-order valence-electron chi connectivity index (χ0n) is 11.8. The molecule has 0 unspecified atom stereocenters. The molecule has 0 aliphatic rings. The van der Waals surface area contributed by atoms with Crippen LogP contribution in [-0.4, -0.2) is 37.1 Å². The fraction of sp³-hybridized carbons (Fsp3) is 0.438. The quantitative estimate of drug-likeness (QED) is 0.461. The van der Waals surface area contributed by atoms with Gasteiger partial charge in [-0.3, -0.25) is 4.90 Å². The van der Waals surface area contributed by atoms with E-state index in [-0.39, 0.29) is 0 Å². The van der Waals surface area contributed by atoms with Gasteiger partial charge in [0, 0.05) is 12.0 Å². The summed E-state index contributed by atoms with van der Waals surface area (Å²) in [5.74, 6) is 4.87. The average molecular weight is 259 g/mol. The maximum atomic E-state index is 11.1. The fourth-order valence-corrected chi connectivity index (χ4v) is 1.67. The smallest absolute Gasteiger partial charge is 0.384 e. The van der Waals surface area contributed by atoms with Crippen LogP contribution in [-0.2, 0) is 16.0 Å². The van der Waals surface area contributed by atoms with Gasteiger partial charge in [-0.1, -0.05) is 36.3 Å². The number of esters is 1. The van der Waals surface area contributed by atoms with Crippen LogP contribution >= 0.6 is 0 Å².